The highest BCUT2D eigenvalue weighted by molar-refractivity contribution is 9.10. The van der Waals surface area contributed by atoms with Crippen LogP contribution in [0.15, 0.2) is 33.9 Å². The zero-order valence-electron chi connectivity index (χ0n) is 9.40. The summed E-state index contributed by atoms with van der Waals surface area (Å²) in [7, 11) is 0. The lowest BCUT2D eigenvalue weighted by Gasteiger charge is -2.06. The Morgan fingerprint density at radius 1 is 1.39 bits per heavy atom. The molecule has 2 rings (SSSR count). The minimum Gasteiger partial charge on any atom is -0.325 e. The zero-order valence-corrected chi connectivity index (χ0v) is 11.0. The van der Waals surface area contributed by atoms with E-state index in [0.717, 1.165) is 16.2 Å². The third kappa shape index (κ3) is 2.80. The van der Waals surface area contributed by atoms with E-state index >= 15 is 0 Å². The van der Waals surface area contributed by atoms with Gasteiger partial charge in [-0.05, 0) is 34.5 Å². The Balaban J connectivity index is 2.21. The largest absolute Gasteiger partial charge is 0.325 e. The fraction of sp³-hybridized carbons (Fsp3) is 0.0909. The first-order chi connectivity index (χ1) is 8.56. The number of nitrogens with one attached hydrogen (secondary N) is 2. The maximum atomic E-state index is 11.8. The summed E-state index contributed by atoms with van der Waals surface area (Å²) in [5.41, 5.74) is 0.588. The number of aryl methyl sites for hydroxylation is 1. The predicted molar refractivity (Wildman–Crippen MR) is 69.5 cm³/mol. The topological polar surface area (TPSA) is 87.7 Å². The first-order valence-corrected chi connectivity index (χ1v) is 5.84. The van der Waals surface area contributed by atoms with Gasteiger partial charge in [0.2, 0.25) is 0 Å². The molecule has 0 unspecified atom stereocenters. The molecule has 2 aromatic heterocycles. The number of pyridine rings is 1. The Morgan fingerprint density at radius 2 is 2.17 bits per heavy atom. The average molecular weight is 309 g/mol. The van der Waals surface area contributed by atoms with E-state index in [1.54, 1.807) is 6.20 Å². The van der Waals surface area contributed by atoms with Crippen molar-refractivity contribution in [2.24, 2.45) is 0 Å². The summed E-state index contributed by atoms with van der Waals surface area (Å²) >= 11 is 3.29. The highest BCUT2D eigenvalue weighted by Gasteiger charge is 2.10. The Kier molecular flexibility index (Phi) is 3.52. The summed E-state index contributed by atoms with van der Waals surface area (Å²) in [5, 5.41) is 2.62. The molecule has 0 saturated heterocycles. The number of carbonyl (C=O) groups excluding carboxylic acids is 1. The number of nitrogens with zero attached hydrogens (tertiary/aromatic N) is 2. The molecule has 0 radical (unpaired) electrons. The number of aromatic nitrogens is 3. The second kappa shape index (κ2) is 5.09. The van der Waals surface area contributed by atoms with E-state index < -0.39 is 5.91 Å². The van der Waals surface area contributed by atoms with Crippen LogP contribution in [0.25, 0.3) is 0 Å². The van der Waals surface area contributed by atoms with Gasteiger partial charge in [0, 0.05) is 16.9 Å². The third-order valence-corrected chi connectivity index (χ3v) is 2.62. The second-order valence-electron chi connectivity index (χ2n) is 3.57. The van der Waals surface area contributed by atoms with Crippen molar-refractivity contribution >= 4 is 27.7 Å². The van der Waals surface area contributed by atoms with Gasteiger partial charge in [-0.2, -0.15) is 0 Å². The molecule has 0 bridgehead atoms. The van der Waals surface area contributed by atoms with Crippen LogP contribution >= 0.6 is 15.9 Å². The van der Waals surface area contributed by atoms with Crippen molar-refractivity contribution in [2.75, 3.05) is 5.32 Å². The van der Waals surface area contributed by atoms with Crippen molar-refractivity contribution in [1.82, 2.24) is 15.0 Å². The number of aromatic amines is 1. The second-order valence-corrected chi connectivity index (χ2v) is 4.49. The number of carbonyl (C=O) groups is 1. The van der Waals surface area contributed by atoms with Gasteiger partial charge >= 0.3 is 0 Å². The van der Waals surface area contributed by atoms with E-state index in [-0.39, 0.29) is 11.3 Å². The quantitative estimate of drug-likeness (QED) is 0.880. The van der Waals surface area contributed by atoms with E-state index in [2.05, 4.69) is 36.2 Å². The van der Waals surface area contributed by atoms with Gasteiger partial charge in [0.15, 0.2) is 0 Å². The van der Waals surface area contributed by atoms with Crippen LogP contribution in [0.4, 0.5) is 5.82 Å². The standard InChI is InChI=1S/C11H9BrN4O2/c1-6-2-7(12)3-15-10(6)16-11(18)8-4-14-9(17)5-13-8/h2-5H,1H3,(H,14,17)(H,15,16,18). The maximum absolute atomic E-state index is 11.8. The van der Waals surface area contributed by atoms with Crippen molar-refractivity contribution in [3.8, 4) is 0 Å². The number of halogens is 1. The van der Waals surface area contributed by atoms with Crippen LogP contribution < -0.4 is 10.9 Å². The molecule has 0 saturated carbocycles. The lowest BCUT2D eigenvalue weighted by molar-refractivity contribution is 0.102. The van der Waals surface area contributed by atoms with E-state index in [1.807, 2.05) is 13.0 Å². The van der Waals surface area contributed by atoms with Crippen LogP contribution in [0.3, 0.4) is 0 Å². The summed E-state index contributed by atoms with van der Waals surface area (Å²) in [4.78, 5) is 32.8. The molecule has 1 amide bonds. The van der Waals surface area contributed by atoms with Gasteiger partial charge in [-0.25, -0.2) is 9.97 Å². The molecule has 2 aromatic rings. The number of H-pyrrole nitrogens is 1. The Bertz CT molecular complexity index is 633. The Labute approximate surface area is 111 Å². The minimum absolute atomic E-state index is 0.124. The molecule has 0 spiro atoms. The summed E-state index contributed by atoms with van der Waals surface area (Å²) < 4.78 is 0.833. The molecule has 6 nitrogen and oxygen atoms in total. The lowest BCUT2D eigenvalue weighted by Crippen LogP contribution is -2.18. The lowest BCUT2D eigenvalue weighted by atomic mass is 10.3. The highest BCUT2D eigenvalue weighted by atomic mass is 79.9. The molecule has 0 aromatic carbocycles. The zero-order chi connectivity index (χ0) is 13.1. The van der Waals surface area contributed by atoms with Gasteiger partial charge in [-0.3, -0.25) is 9.59 Å². The SMILES string of the molecule is Cc1cc(Br)cnc1NC(=O)c1c[nH]c(=O)cn1. The molecular formula is C11H9BrN4O2. The van der Waals surface area contributed by atoms with Crippen LogP contribution in [0, 0.1) is 6.92 Å². The van der Waals surface area contributed by atoms with Crippen molar-refractivity contribution in [2.45, 2.75) is 6.92 Å². The van der Waals surface area contributed by atoms with Crippen molar-refractivity contribution in [1.29, 1.82) is 0 Å². The maximum Gasteiger partial charge on any atom is 0.276 e. The third-order valence-electron chi connectivity index (χ3n) is 2.18. The van der Waals surface area contributed by atoms with Gasteiger partial charge < -0.3 is 10.3 Å². The molecular weight excluding hydrogens is 300 g/mol. The van der Waals surface area contributed by atoms with Crippen LogP contribution in [0.1, 0.15) is 16.1 Å². The average Bonchev–Trinajstić information content (AvgIpc) is 2.33. The minimum atomic E-state index is -0.427. The number of amides is 1. The summed E-state index contributed by atoms with van der Waals surface area (Å²) in [6.45, 7) is 1.83. The predicted octanol–water partition coefficient (Wildman–Crippen LogP) is 1.49. The summed E-state index contributed by atoms with van der Waals surface area (Å²) in [6, 6.07) is 1.84. The van der Waals surface area contributed by atoms with Gasteiger partial charge in [-0.15, -0.1) is 0 Å². The van der Waals surface area contributed by atoms with Crippen LogP contribution in [0.5, 0.6) is 0 Å². The van der Waals surface area contributed by atoms with Gasteiger partial charge in [-0.1, -0.05) is 0 Å². The molecule has 0 fully saturated rings. The van der Waals surface area contributed by atoms with Crippen LogP contribution in [-0.2, 0) is 0 Å². The molecule has 18 heavy (non-hydrogen) atoms. The Morgan fingerprint density at radius 3 is 2.78 bits per heavy atom. The van der Waals surface area contributed by atoms with E-state index in [1.165, 1.54) is 6.20 Å². The van der Waals surface area contributed by atoms with E-state index in [0.29, 0.717) is 5.82 Å². The van der Waals surface area contributed by atoms with Gasteiger partial charge in [0.05, 0.1) is 6.20 Å². The first-order valence-electron chi connectivity index (χ1n) is 5.04. The molecule has 0 aliphatic carbocycles. The summed E-state index contributed by atoms with van der Waals surface area (Å²) in [6.07, 6.45) is 3.89. The number of rotatable bonds is 2. The smallest absolute Gasteiger partial charge is 0.276 e. The van der Waals surface area contributed by atoms with E-state index in [9.17, 15) is 9.59 Å². The monoisotopic (exact) mass is 308 g/mol. The molecule has 2 N–H and O–H groups in total. The highest BCUT2D eigenvalue weighted by Crippen LogP contribution is 2.16. The van der Waals surface area contributed by atoms with Gasteiger partial charge in [0.25, 0.3) is 11.5 Å². The fourth-order valence-corrected chi connectivity index (χ4v) is 1.76. The van der Waals surface area contributed by atoms with Crippen LogP contribution in [0.2, 0.25) is 0 Å². The first kappa shape index (κ1) is 12.4. The molecule has 2 heterocycles. The summed E-state index contributed by atoms with van der Waals surface area (Å²) in [5.74, 6) is 0.0281. The number of hydrogen-bond donors (Lipinski definition) is 2. The normalized spacial score (nSPS) is 10.1. The molecule has 92 valence electrons. The van der Waals surface area contributed by atoms with Crippen molar-refractivity contribution in [3.05, 3.63) is 50.7 Å². The number of hydrogen-bond acceptors (Lipinski definition) is 4. The number of anilines is 1. The molecule has 0 aliphatic heterocycles. The van der Waals surface area contributed by atoms with E-state index in [4.69, 9.17) is 0 Å². The molecule has 7 heteroatoms. The van der Waals surface area contributed by atoms with Crippen molar-refractivity contribution in [3.63, 3.8) is 0 Å². The van der Waals surface area contributed by atoms with Crippen molar-refractivity contribution < 1.29 is 4.79 Å². The van der Waals surface area contributed by atoms with Crippen LogP contribution in [-0.4, -0.2) is 20.9 Å². The molecule has 0 atom stereocenters. The Hall–Kier alpha value is -2.02. The fourth-order valence-electron chi connectivity index (χ4n) is 1.31. The molecule has 0 aliphatic rings. The van der Waals surface area contributed by atoms with Gasteiger partial charge in [0.1, 0.15) is 11.5 Å².